The molecule has 0 amide bonds. The number of unbranched alkanes of at least 4 members (excludes halogenated alkanes) is 1. The van der Waals surface area contributed by atoms with Crippen molar-refractivity contribution in [1.82, 2.24) is 9.97 Å². The maximum atomic E-state index is 12.9. The van der Waals surface area contributed by atoms with Crippen LogP contribution in [0.15, 0.2) is 46.1 Å². The van der Waals surface area contributed by atoms with E-state index in [4.69, 9.17) is 15.5 Å². The van der Waals surface area contributed by atoms with Crippen LogP contribution in [0.2, 0.25) is 0 Å². The first-order chi connectivity index (χ1) is 16.5. The number of aryl methyl sites for hydroxylation is 1. The van der Waals surface area contributed by atoms with Crippen LogP contribution in [0.3, 0.4) is 0 Å². The predicted octanol–water partition coefficient (Wildman–Crippen LogP) is 5.72. The van der Waals surface area contributed by atoms with E-state index in [1.807, 2.05) is 35.7 Å². The number of fused-ring (bicyclic) bond motifs is 1. The van der Waals surface area contributed by atoms with Crippen molar-refractivity contribution in [3.63, 3.8) is 0 Å². The number of ether oxygens (including phenoxy) is 1. The quantitative estimate of drug-likeness (QED) is 0.275. The Morgan fingerprint density at radius 3 is 2.71 bits per heavy atom. The second-order valence-corrected chi connectivity index (χ2v) is 11.6. The molecule has 4 aromatic rings. The number of Topliss-reactive ketones (excluding diaryl/α,β-unsaturated/α-hetero) is 1. The highest BCUT2D eigenvalue weighted by atomic mass is 32.2. The molecule has 1 aromatic carbocycles. The van der Waals surface area contributed by atoms with Gasteiger partial charge in [0.25, 0.3) is 0 Å². The lowest BCUT2D eigenvalue weighted by Crippen LogP contribution is -2.07. The molecule has 1 atom stereocenters. The maximum absolute atomic E-state index is 12.9. The van der Waals surface area contributed by atoms with Crippen LogP contribution in [0.5, 0.6) is 0 Å². The van der Waals surface area contributed by atoms with Crippen LogP contribution in [0.25, 0.3) is 32.0 Å². The van der Waals surface area contributed by atoms with Gasteiger partial charge in [0.1, 0.15) is 26.3 Å². The minimum Gasteiger partial charge on any atom is -0.396 e. The van der Waals surface area contributed by atoms with Gasteiger partial charge in [-0.15, -0.1) is 22.7 Å². The van der Waals surface area contributed by atoms with E-state index in [-0.39, 0.29) is 12.4 Å². The molecule has 6 nitrogen and oxygen atoms in total. The van der Waals surface area contributed by atoms with Gasteiger partial charge in [-0.2, -0.15) is 0 Å². The number of hydrogen-bond donors (Lipinski definition) is 1. The van der Waals surface area contributed by atoms with E-state index in [1.165, 1.54) is 29.8 Å². The van der Waals surface area contributed by atoms with E-state index in [2.05, 4.69) is 11.9 Å². The summed E-state index contributed by atoms with van der Waals surface area (Å²) in [4.78, 5) is 21.8. The zero-order valence-corrected chi connectivity index (χ0v) is 21.7. The summed E-state index contributed by atoms with van der Waals surface area (Å²) in [5, 5.41) is 3.60. The van der Waals surface area contributed by atoms with Crippen molar-refractivity contribution < 1.29 is 13.7 Å². The third-order valence-corrected chi connectivity index (χ3v) is 9.26. The normalized spacial score (nSPS) is 12.3. The number of benzene rings is 1. The molecule has 3 aromatic heterocycles. The van der Waals surface area contributed by atoms with Crippen molar-refractivity contribution in [1.29, 1.82) is 0 Å². The first-order valence-electron chi connectivity index (χ1n) is 11.1. The smallest absolute Gasteiger partial charge is 0.158 e. The Balaban J connectivity index is 1.75. The Bertz CT molecular complexity index is 1300. The highest BCUT2D eigenvalue weighted by molar-refractivity contribution is 7.87. The molecule has 0 fully saturated rings. The van der Waals surface area contributed by atoms with Gasteiger partial charge < -0.3 is 10.5 Å². The number of carbonyl (C=O) groups excluding carboxylic acids is 1. The second kappa shape index (κ2) is 11.3. The van der Waals surface area contributed by atoms with E-state index in [0.717, 1.165) is 50.5 Å². The van der Waals surface area contributed by atoms with Crippen LogP contribution >= 0.6 is 22.7 Å². The number of ketones is 1. The first kappa shape index (κ1) is 24.7. The van der Waals surface area contributed by atoms with Crippen molar-refractivity contribution in [2.45, 2.75) is 36.8 Å². The molecule has 0 spiro atoms. The lowest BCUT2D eigenvalue weighted by molar-refractivity contribution is -0.122. The number of anilines is 1. The van der Waals surface area contributed by atoms with Crippen LogP contribution in [-0.2, 0) is 26.8 Å². The average Bonchev–Trinajstić information content (AvgIpc) is 3.50. The monoisotopic (exact) mass is 513 g/mol. The number of thiophene rings is 1. The van der Waals surface area contributed by atoms with Gasteiger partial charge >= 0.3 is 0 Å². The SMILES string of the molecule is CCCCS(=O)c1sc2nc(-c3nccs3)cc(-c3ccc(CCC(=O)COC)cc3)c2c1N. The number of thiazole rings is 1. The Morgan fingerprint density at radius 2 is 2.03 bits per heavy atom. The summed E-state index contributed by atoms with van der Waals surface area (Å²) >= 11 is 2.94. The highest BCUT2D eigenvalue weighted by Crippen LogP contribution is 2.43. The summed E-state index contributed by atoms with van der Waals surface area (Å²) in [5.41, 5.74) is 10.9. The topological polar surface area (TPSA) is 95.2 Å². The largest absolute Gasteiger partial charge is 0.396 e. The van der Waals surface area contributed by atoms with Crippen LogP contribution in [0.4, 0.5) is 5.69 Å². The molecule has 0 saturated carbocycles. The molecule has 0 aliphatic carbocycles. The van der Waals surface area contributed by atoms with Gasteiger partial charge in [-0.1, -0.05) is 37.6 Å². The second-order valence-electron chi connectivity index (χ2n) is 7.95. The van der Waals surface area contributed by atoms with Crippen LogP contribution < -0.4 is 5.73 Å². The van der Waals surface area contributed by atoms with E-state index in [9.17, 15) is 9.00 Å². The van der Waals surface area contributed by atoms with Crippen molar-refractivity contribution in [2.24, 2.45) is 0 Å². The fourth-order valence-electron chi connectivity index (χ4n) is 3.69. The van der Waals surface area contributed by atoms with Gasteiger partial charge in [0.2, 0.25) is 0 Å². The first-order valence-corrected chi connectivity index (χ1v) is 14.1. The van der Waals surface area contributed by atoms with Crippen LogP contribution in [0.1, 0.15) is 31.7 Å². The summed E-state index contributed by atoms with van der Waals surface area (Å²) in [6, 6.07) is 10.2. The predicted molar refractivity (Wildman–Crippen MR) is 142 cm³/mol. The number of nitrogens with two attached hydrogens (primary N) is 1. The lowest BCUT2D eigenvalue weighted by Gasteiger charge is -2.09. The Kier molecular flexibility index (Phi) is 8.20. The van der Waals surface area contributed by atoms with Crippen molar-refractivity contribution in [3.05, 3.63) is 47.5 Å². The molecule has 178 valence electrons. The van der Waals surface area contributed by atoms with E-state index < -0.39 is 10.8 Å². The van der Waals surface area contributed by atoms with Gasteiger partial charge in [0.15, 0.2) is 5.78 Å². The molecular formula is C25H27N3O3S3. The fourth-order valence-corrected chi connectivity index (χ4v) is 7.09. The molecule has 0 aliphatic rings. The molecule has 2 N–H and O–H groups in total. The minimum atomic E-state index is -1.15. The van der Waals surface area contributed by atoms with Gasteiger partial charge in [-0.3, -0.25) is 9.00 Å². The molecule has 3 heterocycles. The molecule has 9 heteroatoms. The number of nitrogens with zero attached hydrogens (tertiary/aromatic N) is 2. The summed E-state index contributed by atoms with van der Waals surface area (Å²) in [7, 11) is 0.381. The van der Waals surface area contributed by atoms with Crippen molar-refractivity contribution in [2.75, 3.05) is 25.2 Å². The zero-order valence-electron chi connectivity index (χ0n) is 19.2. The third-order valence-electron chi connectivity index (χ3n) is 5.47. The Morgan fingerprint density at radius 1 is 1.24 bits per heavy atom. The highest BCUT2D eigenvalue weighted by Gasteiger charge is 2.21. The molecule has 0 saturated heterocycles. The standard InChI is InChI=1S/C25H27N3O3S3/c1-3-4-13-34(30)25-22(26)21-19(14-20(28-24(21)33-25)23-27-11-12-32-23)17-8-5-16(6-9-17)7-10-18(29)15-31-2/h5-6,8-9,11-12,14H,3-4,7,10,13,15,26H2,1-2H3. The number of pyridine rings is 1. The summed E-state index contributed by atoms with van der Waals surface area (Å²) < 4.78 is 18.5. The van der Waals surface area contributed by atoms with Gasteiger partial charge in [0.05, 0.1) is 16.5 Å². The molecule has 4 rings (SSSR count). The number of hydrogen-bond acceptors (Lipinski definition) is 8. The van der Waals surface area contributed by atoms with Crippen LogP contribution in [-0.4, -0.2) is 39.4 Å². The number of nitrogen functional groups attached to an aromatic ring is 1. The van der Waals surface area contributed by atoms with E-state index in [0.29, 0.717) is 28.5 Å². The molecule has 0 bridgehead atoms. The van der Waals surface area contributed by atoms with Crippen molar-refractivity contribution >= 4 is 55.2 Å². The number of carbonyl (C=O) groups is 1. The zero-order chi connectivity index (χ0) is 24.1. The molecular weight excluding hydrogens is 486 g/mol. The van der Waals surface area contributed by atoms with Gasteiger partial charge in [-0.25, -0.2) is 9.97 Å². The van der Waals surface area contributed by atoms with Gasteiger partial charge in [0, 0.05) is 36.2 Å². The minimum absolute atomic E-state index is 0.0881. The molecule has 0 radical (unpaired) electrons. The van der Waals surface area contributed by atoms with E-state index in [1.54, 1.807) is 6.20 Å². The third kappa shape index (κ3) is 5.43. The van der Waals surface area contributed by atoms with Crippen LogP contribution in [0, 0.1) is 0 Å². The number of methoxy groups -OCH3 is 1. The summed E-state index contributed by atoms with van der Waals surface area (Å²) in [6.07, 6.45) is 4.75. The van der Waals surface area contributed by atoms with Crippen molar-refractivity contribution in [3.8, 4) is 21.8 Å². The number of rotatable bonds is 11. The molecule has 34 heavy (non-hydrogen) atoms. The summed E-state index contributed by atoms with van der Waals surface area (Å²) in [5.74, 6) is 0.684. The maximum Gasteiger partial charge on any atom is 0.158 e. The lowest BCUT2D eigenvalue weighted by atomic mass is 9.99. The molecule has 1 unspecified atom stereocenters. The number of aromatic nitrogens is 2. The van der Waals surface area contributed by atoms with Gasteiger partial charge in [-0.05, 0) is 35.6 Å². The fraction of sp³-hybridized carbons (Fsp3) is 0.320. The Labute approximate surface area is 209 Å². The summed E-state index contributed by atoms with van der Waals surface area (Å²) in [6.45, 7) is 2.23. The average molecular weight is 514 g/mol. The molecule has 0 aliphatic heterocycles. The Hall–Kier alpha value is -2.46. The van der Waals surface area contributed by atoms with E-state index >= 15 is 0 Å².